The largest absolute Gasteiger partial charge is 0.294 e. The van der Waals surface area contributed by atoms with Crippen LogP contribution < -0.4 is 0 Å². The summed E-state index contributed by atoms with van der Waals surface area (Å²) in [6, 6.07) is 5.47. The summed E-state index contributed by atoms with van der Waals surface area (Å²) in [7, 11) is -4.11. The van der Waals surface area contributed by atoms with Crippen molar-refractivity contribution >= 4 is 15.9 Å². The second kappa shape index (κ2) is 4.63. The maximum Gasteiger partial charge on any atom is 0.282 e. The molecule has 1 aromatic carbocycles. The molecule has 6 heteroatoms. The quantitative estimate of drug-likeness (QED) is 0.747. The highest BCUT2D eigenvalue weighted by Crippen LogP contribution is 2.47. The Hall–Kier alpha value is -1.27. The molecule has 1 spiro atoms. The first-order valence-corrected chi connectivity index (χ1v) is 8.17. The van der Waals surface area contributed by atoms with E-state index in [2.05, 4.69) is 0 Å². The molecule has 2 aliphatic rings. The number of benzene rings is 1. The Balaban J connectivity index is 2.08. The molecular weight excluding hydrogens is 283 g/mol. The van der Waals surface area contributed by atoms with Gasteiger partial charge in [0.1, 0.15) is 11.4 Å². The lowest BCUT2D eigenvalue weighted by molar-refractivity contribution is -0.132. The number of carbonyl (C=O) groups is 1. The number of carbonyl (C=O) groups excluding carboxylic acids is 1. The van der Waals surface area contributed by atoms with Crippen molar-refractivity contribution < 1.29 is 21.8 Å². The van der Waals surface area contributed by atoms with Crippen LogP contribution in [0.4, 0.5) is 4.39 Å². The summed E-state index contributed by atoms with van der Waals surface area (Å²) in [6.45, 7) is 0. The van der Waals surface area contributed by atoms with E-state index in [1.54, 1.807) is 0 Å². The average molecular weight is 298 g/mol. The van der Waals surface area contributed by atoms with E-state index in [9.17, 15) is 17.6 Å². The van der Waals surface area contributed by atoms with Crippen LogP contribution in [0.15, 0.2) is 24.3 Å². The Morgan fingerprint density at radius 2 is 1.80 bits per heavy atom. The molecule has 0 N–H and O–H groups in total. The summed E-state index contributed by atoms with van der Waals surface area (Å²) in [5.41, 5.74) is -1.37. The van der Waals surface area contributed by atoms with Crippen molar-refractivity contribution in [1.82, 2.24) is 0 Å². The second-order valence-electron chi connectivity index (χ2n) is 5.40. The van der Waals surface area contributed by atoms with Crippen molar-refractivity contribution in [3.05, 3.63) is 35.6 Å². The van der Waals surface area contributed by atoms with Gasteiger partial charge < -0.3 is 0 Å². The van der Waals surface area contributed by atoms with Crippen LogP contribution in [0, 0.1) is 5.82 Å². The van der Waals surface area contributed by atoms with Crippen LogP contribution in [0.25, 0.3) is 0 Å². The van der Waals surface area contributed by atoms with Crippen molar-refractivity contribution in [3.63, 3.8) is 0 Å². The van der Waals surface area contributed by atoms with E-state index in [1.165, 1.54) is 18.2 Å². The standard InChI is InChI=1S/C14H15FO4S/c15-11-7-3-2-6-10(11)12-13(16)14(19-20(12,17)18)8-4-1-5-9-14/h2-3,6-7,12H,1,4-5,8-9H2. The number of hydrogen-bond acceptors (Lipinski definition) is 4. The summed E-state index contributed by atoms with van der Waals surface area (Å²) >= 11 is 0. The van der Waals surface area contributed by atoms with Crippen LogP contribution in [0.5, 0.6) is 0 Å². The fourth-order valence-electron chi connectivity index (χ4n) is 3.12. The highest BCUT2D eigenvalue weighted by molar-refractivity contribution is 7.88. The topological polar surface area (TPSA) is 60.4 Å². The first-order chi connectivity index (χ1) is 9.46. The fourth-order valence-corrected chi connectivity index (χ4v) is 4.89. The van der Waals surface area contributed by atoms with Gasteiger partial charge in [-0.3, -0.25) is 8.98 Å². The Bertz CT molecular complexity index is 647. The molecule has 3 rings (SSSR count). The number of hydrogen-bond donors (Lipinski definition) is 0. The molecule has 108 valence electrons. The van der Waals surface area contributed by atoms with Crippen LogP contribution in [0.2, 0.25) is 0 Å². The van der Waals surface area contributed by atoms with Crippen molar-refractivity contribution in [2.75, 3.05) is 0 Å². The van der Waals surface area contributed by atoms with Gasteiger partial charge in [0.25, 0.3) is 10.1 Å². The van der Waals surface area contributed by atoms with E-state index in [4.69, 9.17) is 4.18 Å². The minimum absolute atomic E-state index is 0.111. The molecular formula is C14H15FO4S. The van der Waals surface area contributed by atoms with E-state index in [0.717, 1.165) is 25.3 Å². The molecule has 1 saturated carbocycles. The number of ketones is 1. The zero-order valence-electron chi connectivity index (χ0n) is 10.8. The van der Waals surface area contributed by atoms with Gasteiger partial charge in [0.2, 0.25) is 0 Å². The fraction of sp³-hybridized carbons (Fsp3) is 0.500. The molecule has 1 aliphatic heterocycles. The van der Waals surface area contributed by atoms with Gasteiger partial charge in [-0.05, 0) is 18.9 Å². The minimum Gasteiger partial charge on any atom is -0.294 e. The molecule has 0 bridgehead atoms. The lowest BCUT2D eigenvalue weighted by Crippen LogP contribution is -2.39. The normalized spacial score (nSPS) is 27.9. The molecule has 1 unspecified atom stereocenters. The zero-order valence-corrected chi connectivity index (χ0v) is 11.7. The maximum absolute atomic E-state index is 13.8. The van der Waals surface area contributed by atoms with Gasteiger partial charge >= 0.3 is 0 Å². The Kier molecular flexibility index (Phi) is 3.17. The van der Waals surface area contributed by atoms with Crippen LogP contribution in [-0.2, 0) is 19.1 Å². The third-order valence-electron chi connectivity index (χ3n) is 4.10. The highest BCUT2D eigenvalue weighted by Gasteiger charge is 2.59. The van der Waals surface area contributed by atoms with Gasteiger partial charge in [-0.1, -0.05) is 37.5 Å². The Morgan fingerprint density at radius 3 is 2.45 bits per heavy atom. The van der Waals surface area contributed by atoms with Crippen molar-refractivity contribution in [3.8, 4) is 0 Å². The van der Waals surface area contributed by atoms with E-state index in [-0.39, 0.29) is 5.56 Å². The molecule has 0 amide bonds. The van der Waals surface area contributed by atoms with Crippen LogP contribution >= 0.6 is 0 Å². The van der Waals surface area contributed by atoms with Crippen molar-refractivity contribution in [2.24, 2.45) is 0 Å². The summed E-state index contributed by atoms with van der Waals surface area (Å²) in [5.74, 6) is -1.20. The van der Waals surface area contributed by atoms with E-state index >= 15 is 0 Å². The average Bonchev–Trinajstić information content (AvgIpc) is 2.59. The Morgan fingerprint density at radius 1 is 1.15 bits per heavy atom. The Labute approximate surface area is 117 Å². The second-order valence-corrected chi connectivity index (χ2v) is 7.02. The van der Waals surface area contributed by atoms with Gasteiger partial charge in [0.15, 0.2) is 11.0 Å². The van der Waals surface area contributed by atoms with Crippen LogP contribution in [0.1, 0.15) is 42.9 Å². The lowest BCUT2D eigenvalue weighted by atomic mass is 9.80. The lowest BCUT2D eigenvalue weighted by Gasteiger charge is -2.28. The minimum atomic E-state index is -4.11. The van der Waals surface area contributed by atoms with Crippen LogP contribution in [0.3, 0.4) is 0 Å². The summed E-state index contributed by atoms with van der Waals surface area (Å²) < 4.78 is 43.4. The van der Waals surface area contributed by atoms with Crippen LogP contribution in [-0.4, -0.2) is 19.8 Å². The summed E-state index contributed by atoms with van der Waals surface area (Å²) in [6.07, 6.45) is 3.27. The van der Waals surface area contributed by atoms with Gasteiger partial charge in [0.05, 0.1) is 0 Å². The SMILES string of the molecule is O=C1C(c2ccccc2F)S(=O)(=O)OC12CCCCC2. The first kappa shape index (κ1) is 13.7. The van der Waals surface area contributed by atoms with Crippen molar-refractivity contribution in [2.45, 2.75) is 43.0 Å². The highest BCUT2D eigenvalue weighted by atomic mass is 32.2. The third-order valence-corrected chi connectivity index (χ3v) is 5.70. The number of Topliss-reactive ketones (excluding diaryl/α,β-unsaturated/α-hetero) is 1. The van der Waals surface area contributed by atoms with E-state index in [0.29, 0.717) is 12.8 Å². The molecule has 1 saturated heterocycles. The maximum atomic E-state index is 13.8. The molecule has 4 nitrogen and oxygen atoms in total. The van der Waals surface area contributed by atoms with Gasteiger partial charge in [-0.2, -0.15) is 8.42 Å². The molecule has 20 heavy (non-hydrogen) atoms. The smallest absolute Gasteiger partial charge is 0.282 e. The third kappa shape index (κ3) is 1.98. The summed E-state index contributed by atoms with van der Waals surface area (Å²) in [5, 5.41) is -1.53. The van der Waals surface area contributed by atoms with Gasteiger partial charge in [-0.15, -0.1) is 0 Å². The molecule has 1 aliphatic carbocycles. The predicted molar refractivity (Wildman–Crippen MR) is 70.0 cm³/mol. The zero-order chi connectivity index (χ0) is 14.4. The molecule has 2 fully saturated rings. The molecule has 0 aromatic heterocycles. The van der Waals surface area contributed by atoms with E-state index in [1.807, 2.05) is 0 Å². The molecule has 1 heterocycles. The molecule has 1 atom stereocenters. The molecule has 0 radical (unpaired) electrons. The molecule has 1 aromatic rings. The first-order valence-electron chi connectivity index (χ1n) is 6.69. The van der Waals surface area contributed by atoms with Gasteiger partial charge in [-0.25, -0.2) is 4.39 Å². The van der Waals surface area contributed by atoms with E-state index < -0.39 is 32.6 Å². The number of halogens is 1. The predicted octanol–water partition coefficient (Wildman–Crippen LogP) is 2.50. The van der Waals surface area contributed by atoms with Crippen molar-refractivity contribution in [1.29, 1.82) is 0 Å². The number of rotatable bonds is 1. The monoisotopic (exact) mass is 298 g/mol. The summed E-state index contributed by atoms with van der Waals surface area (Å²) in [4.78, 5) is 12.6. The van der Waals surface area contributed by atoms with Gasteiger partial charge in [0, 0.05) is 5.56 Å².